The van der Waals surface area contributed by atoms with E-state index >= 15 is 0 Å². The number of likely N-dealkylation sites (N-methyl/N-ethyl adjacent to an activating group) is 1. The highest BCUT2D eigenvalue weighted by Crippen LogP contribution is 2.28. The maximum Gasteiger partial charge on any atom is 0.167 e. The monoisotopic (exact) mass is 383 g/mol. The molecule has 2 aromatic carbocycles. The molecule has 1 fully saturated rings. The maximum atomic E-state index is 5.93. The summed E-state index contributed by atoms with van der Waals surface area (Å²) in [6, 6.07) is 17.4. The Morgan fingerprint density at radius 3 is 2.33 bits per heavy atom. The molecule has 6 heteroatoms. The van der Waals surface area contributed by atoms with E-state index in [1.54, 1.807) is 0 Å². The zero-order chi connectivity index (χ0) is 18.6. The number of benzene rings is 2. The van der Waals surface area contributed by atoms with Gasteiger partial charge in [0.15, 0.2) is 5.76 Å². The van der Waals surface area contributed by atoms with Crippen molar-refractivity contribution in [1.82, 2.24) is 15.0 Å². The van der Waals surface area contributed by atoms with Gasteiger partial charge in [-0.15, -0.1) is 0 Å². The van der Waals surface area contributed by atoms with Crippen molar-refractivity contribution < 1.29 is 9.26 Å². The average molecular weight is 384 g/mol. The second-order valence-electron chi connectivity index (χ2n) is 6.80. The first-order chi connectivity index (χ1) is 13.2. The molecule has 3 aromatic rings. The van der Waals surface area contributed by atoms with Crippen molar-refractivity contribution in [2.75, 3.05) is 40.0 Å². The van der Waals surface area contributed by atoms with Crippen molar-refractivity contribution in [3.05, 3.63) is 59.6 Å². The minimum absolute atomic E-state index is 0.623. The molecule has 140 valence electrons. The molecule has 0 aliphatic carbocycles. The summed E-state index contributed by atoms with van der Waals surface area (Å²) in [5.41, 5.74) is 2.74. The molecule has 0 atom stereocenters. The quantitative estimate of drug-likeness (QED) is 0.659. The lowest BCUT2D eigenvalue weighted by Gasteiger charge is -2.31. The number of nitrogens with zero attached hydrogens (tertiary/aromatic N) is 3. The lowest BCUT2D eigenvalue weighted by molar-refractivity contribution is 0.0763. The van der Waals surface area contributed by atoms with Crippen LogP contribution >= 0.6 is 11.6 Å². The smallest absolute Gasteiger partial charge is 0.167 e. The summed E-state index contributed by atoms with van der Waals surface area (Å²) in [6.45, 7) is 4.88. The van der Waals surface area contributed by atoms with Gasteiger partial charge in [0.05, 0.1) is 0 Å². The summed E-state index contributed by atoms with van der Waals surface area (Å²) in [7, 11) is 2.15. The van der Waals surface area contributed by atoms with E-state index in [-0.39, 0.29) is 0 Å². The molecule has 0 unspecified atom stereocenters. The Hall–Kier alpha value is -2.34. The highest BCUT2D eigenvalue weighted by atomic mass is 35.5. The fourth-order valence-electron chi connectivity index (χ4n) is 3.03. The van der Waals surface area contributed by atoms with E-state index in [1.165, 1.54) is 0 Å². The van der Waals surface area contributed by atoms with E-state index in [9.17, 15) is 0 Å². The molecule has 27 heavy (non-hydrogen) atoms. The van der Waals surface area contributed by atoms with Crippen LogP contribution in [-0.2, 0) is 0 Å². The number of hydrogen-bond donors (Lipinski definition) is 0. The minimum Gasteiger partial charge on any atom is -0.478 e. The molecule has 0 amide bonds. The van der Waals surface area contributed by atoms with Gasteiger partial charge in [-0.1, -0.05) is 16.8 Å². The largest absolute Gasteiger partial charge is 0.478 e. The van der Waals surface area contributed by atoms with Gasteiger partial charge >= 0.3 is 0 Å². The van der Waals surface area contributed by atoms with Gasteiger partial charge in [-0.05, 0) is 55.6 Å². The van der Waals surface area contributed by atoms with E-state index in [2.05, 4.69) is 22.0 Å². The summed E-state index contributed by atoms with van der Waals surface area (Å²) in [4.78, 5) is 4.66. The second-order valence-corrected chi connectivity index (χ2v) is 7.24. The third-order valence-electron chi connectivity index (χ3n) is 4.80. The van der Waals surface area contributed by atoms with Crippen molar-refractivity contribution in [3.8, 4) is 28.3 Å². The first kappa shape index (κ1) is 18.0. The summed E-state index contributed by atoms with van der Waals surface area (Å²) in [6.07, 6.45) is 0. The number of aromatic nitrogens is 1. The Morgan fingerprint density at radius 2 is 1.63 bits per heavy atom. The lowest BCUT2D eigenvalue weighted by atomic mass is 10.1. The lowest BCUT2D eigenvalue weighted by Crippen LogP contribution is -2.45. The van der Waals surface area contributed by atoms with Crippen LogP contribution in [0, 0.1) is 0 Å². The Morgan fingerprint density at radius 1 is 0.963 bits per heavy atom. The standard InChI is InChI=1S/C21H22ClN3O2/c1-24-10-12-25(13-11-24)15-26-19-8-4-16(5-9-19)20-14-21(27-23-20)17-2-6-18(22)7-3-17/h2-9,14H,10-13,15H2,1H3. The average Bonchev–Trinajstić information content (AvgIpc) is 3.19. The molecule has 0 N–H and O–H groups in total. The normalized spacial score (nSPS) is 15.8. The molecule has 4 rings (SSSR count). The molecular formula is C21H22ClN3O2. The van der Waals surface area contributed by atoms with Gasteiger partial charge in [0.1, 0.15) is 18.2 Å². The molecule has 2 heterocycles. The Balaban J connectivity index is 1.38. The molecule has 0 saturated carbocycles. The Labute approximate surface area is 164 Å². The van der Waals surface area contributed by atoms with E-state index in [0.29, 0.717) is 11.8 Å². The fraction of sp³-hybridized carbons (Fsp3) is 0.286. The predicted octanol–water partition coefficient (Wildman–Crippen LogP) is 4.25. The molecule has 0 radical (unpaired) electrons. The van der Waals surface area contributed by atoms with Crippen molar-refractivity contribution in [3.63, 3.8) is 0 Å². The number of hydrogen-bond acceptors (Lipinski definition) is 5. The SMILES string of the molecule is CN1CCN(COc2ccc(-c3cc(-c4ccc(Cl)cc4)on3)cc2)CC1. The van der Waals surface area contributed by atoms with Crippen molar-refractivity contribution >= 4 is 11.6 Å². The number of halogens is 1. The molecule has 0 bridgehead atoms. The second kappa shape index (κ2) is 8.13. The van der Waals surface area contributed by atoms with Crippen LogP contribution in [0.4, 0.5) is 0 Å². The Bertz CT molecular complexity index is 869. The van der Waals surface area contributed by atoms with Crippen LogP contribution in [0.25, 0.3) is 22.6 Å². The van der Waals surface area contributed by atoms with Crippen molar-refractivity contribution in [2.45, 2.75) is 0 Å². The van der Waals surface area contributed by atoms with E-state index in [4.69, 9.17) is 20.9 Å². The summed E-state index contributed by atoms with van der Waals surface area (Å²) >= 11 is 5.93. The van der Waals surface area contributed by atoms with Gasteiger partial charge < -0.3 is 14.2 Å². The van der Waals surface area contributed by atoms with Crippen LogP contribution in [0.2, 0.25) is 5.02 Å². The van der Waals surface area contributed by atoms with Crippen molar-refractivity contribution in [1.29, 1.82) is 0 Å². The van der Waals surface area contributed by atoms with E-state index < -0.39 is 0 Å². The Kier molecular flexibility index (Phi) is 5.43. The van der Waals surface area contributed by atoms with Gasteiger partial charge in [-0.3, -0.25) is 4.90 Å². The van der Waals surface area contributed by atoms with Crippen LogP contribution in [0.3, 0.4) is 0 Å². The van der Waals surface area contributed by atoms with Crippen LogP contribution in [0.1, 0.15) is 0 Å². The molecular weight excluding hydrogens is 362 g/mol. The number of ether oxygens (including phenoxy) is 1. The summed E-state index contributed by atoms with van der Waals surface area (Å²) in [5, 5.41) is 4.88. The van der Waals surface area contributed by atoms with Crippen LogP contribution in [-0.4, -0.2) is 54.9 Å². The van der Waals surface area contributed by atoms with E-state index in [0.717, 1.165) is 54.5 Å². The van der Waals surface area contributed by atoms with Crippen LogP contribution in [0.5, 0.6) is 5.75 Å². The van der Waals surface area contributed by atoms with Gasteiger partial charge in [0, 0.05) is 48.4 Å². The fourth-order valence-corrected chi connectivity index (χ4v) is 3.15. The van der Waals surface area contributed by atoms with Crippen molar-refractivity contribution in [2.24, 2.45) is 0 Å². The number of piperazine rings is 1. The first-order valence-electron chi connectivity index (χ1n) is 9.04. The zero-order valence-corrected chi connectivity index (χ0v) is 16.0. The topological polar surface area (TPSA) is 41.7 Å². The first-order valence-corrected chi connectivity index (χ1v) is 9.42. The van der Waals surface area contributed by atoms with Gasteiger partial charge in [-0.2, -0.15) is 0 Å². The molecule has 0 spiro atoms. The maximum absolute atomic E-state index is 5.93. The summed E-state index contributed by atoms with van der Waals surface area (Å²) in [5.74, 6) is 1.58. The van der Waals surface area contributed by atoms with Gasteiger partial charge in [-0.25, -0.2) is 0 Å². The van der Waals surface area contributed by atoms with Gasteiger partial charge in [0.2, 0.25) is 0 Å². The van der Waals surface area contributed by atoms with Gasteiger partial charge in [0.25, 0.3) is 0 Å². The van der Waals surface area contributed by atoms with E-state index in [1.807, 2.05) is 54.6 Å². The molecule has 5 nitrogen and oxygen atoms in total. The summed E-state index contributed by atoms with van der Waals surface area (Å²) < 4.78 is 11.4. The number of rotatable bonds is 5. The zero-order valence-electron chi connectivity index (χ0n) is 15.3. The molecule has 1 saturated heterocycles. The third-order valence-corrected chi connectivity index (χ3v) is 5.05. The third kappa shape index (κ3) is 4.50. The molecule has 1 aromatic heterocycles. The highest BCUT2D eigenvalue weighted by molar-refractivity contribution is 6.30. The highest BCUT2D eigenvalue weighted by Gasteiger charge is 2.14. The molecule has 1 aliphatic heterocycles. The van der Waals surface area contributed by atoms with Crippen LogP contribution in [0.15, 0.2) is 59.1 Å². The molecule has 1 aliphatic rings. The minimum atomic E-state index is 0.623. The predicted molar refractivity (Wildman–Crippen MR) is 107 cm³/mol. The van der Waals surface area contributed by atoms with Crippen LogP contribution < -0.4 is 4.74 Å².